The van der Waals surface area contributed by atoms with Crippen molar-refractivity contribution >= 4 is 29.1 Å². The Morgan fingerprint density at radius 3 is 2.33 bits per heavy atom. The number of carbonyl (C=O) groups excluding carboxylic acids is 2. The number of rotatable bonds is 7. The number of ether oxygens (including phenoxy) is 2. The second kappa shape index (κ2) is 9.80. The van der Waals surface area contributed by atoms with E-state index in [4.69, 9.17) is 21.1 Å². The average molecular weight is 425 g/mol. The quantitative estimate of drug-likeness (QED) is 0.583. The summed E-state index contributed by atoms with van der Waals surface area (Å²) in [4.78, 5) is 24.4. The Bertz CT molecular complexity index is 1050. The van der Waals surface area contributed by atoms with Crippen LogP contribution in [0.2, 0.25) is 5.02 Å². The number of methoxy groups -OCH3 is 1. The molecule has 6 nitrogen and oxygen atoms in total. The minimum absolute atomic E-state index is 0.227. The molecule has 0 bridgehead atoms. The molecule has 0 radical (unpaired) electrons. The summed E-state index contributed by atoms with van der Waals surface area (Å²) in [7, 11) is 3.06. The Balaban J connectivity index is 1.71. The molecule has 2 amide bonds. The second-order valence-electron chi connectivity index (χ2n) is 6.39. The number of halogens is 1. The molecule has 0 atom stereocenters. The maximum atomic E-state index is 12.6. The predicted molar refractivity (Wildman–Crippen MR) is 117 cm³/mol. The molecule has 2 N–H and O–H groups in total. The van der Waals surface area contributed by atoms with Gasteiger partial charge in [0.2, 0.25) is 0 Å². The average Bonchev–Trinajstić information content (AvgIpc) is 2.78. The third-order valence-corrected chi connectivity index (χ3v) is 4.60. The summed E-state index contributed by atoms with van der Waals surface area (Å²) in [6.07, 6.45) is 0. The standard InChI is InChI=1S/C23H21ClN2O4/c1-25-22(27)16-4-3-5-19(12-16)26-23(28)17-8-11-20(21(13-17)29-2)30-14-15-6-9-18(24)10-7-15/h3-13H,14H2,1-2H3,(H,25,27)(H,26,28). The number of hydrogen-bond acceptors (Lipinski definition) is 4. The van der Waals surface area contributed by atoms with Gasteiger partial charge in [-0.25, -0.2) is 0 Å². The highest BCUT2D eigenvalue weighted by atomic mass is 35.5. The number of anilines is 1. The van der Waals surface area contributed by atoms with E-state index in [1.807, 2.05) is 12.1 Å². The molecule has 0 heterocycles. The Morgan fingerprint density at radius 2 is 1.63 bits per heavy atom. The highest BCUT2D eigenvalue weighted by Crippen LogP contribution is 2.29. The molecule has 0 saturated heterocycles. The number of hydrogen-bond donors (Lipinski definition) is 2. The zero-order chi connectivity index (χ0) is 21.5. The highest BCUT2D eigenvalue weighted by Gasteiger charge is 2.13. The van der Waals surface area contributed by atoms with Gasteiger partial charge in [-0.05, 0) is 54.1 Å². The molecule has 0 spiro atoms. The Hall–Kier alpha value is -3.51. The van der Waals surface area contributed by atoms with Crippen LogP contribution in [0.25, 0.3) is 0 Å². The number of carbonyl (C=O) groups is 2. The van der Waals surface area contributed by atoms with E-state index in [0.717, 1.165) is 5.56 Å². The topological polar surface area (TPSA) is 76.7 Å². The summed E-state index contributed by atoms with van der Waals surface area (Å²) in [6.45, 7) is 0.339. The fraction of sp³-hybridized carbons (Fsp3) is 0.130. The molecule has 0 aliphatic carbocycles. The van der Waals surface area contributed by atoms with Crippen LogP contribution in [0.5, 0.6) is 11.5 Å². The molecule has 3 aromatic rings. The molecule has 0 saturated carbocycles. The van der Waals surface area contributed by atoms with Gasteiger partial charge < -0.3 is 20.1 Å². The molecule has 3 aromatic carbocycles. The Kier molecular flexibility index (Phi) is 6.93. The molecule has 30 heavy (non-hydrogen) atoms. The van der Waals surface area contributed by atoms with E-state index in [1.165, 1.54) is 7.11 Å². The smallest absolute Gasteiger partial charge is 0.255 e. The first-order valence-electron chi connectivity index (χ1n) is 9.19. The van der Waals surface area contributed by atoms with Crippen LogP contribution in [0.1, 0.15) is 26.3 Å². The van der Waals surface area contributed by atoms with Gasteiger partial charge in [-0.3, -0.25) is 9.59 Å². The van der Waals surface area contributed by atoms with Crippen LogP contribution in [0.4, 0.5) is 5.69 Å². The van der Waals surface area contributed by atoms with Crippen molar-refractivity contribution in [1.82, 2.24) is 5.32 Å². The molecule has 0 aromatic heterocycles. The minimum Gasteiger partial charge on any atom is -0.493 e. The van der Waals surface area contributed by atoms with Crippen LogP contribution in [0, 0.1) is 0 Å². The summed E-state index contributed by atoms with van der Waals surface area (Å²) in [5, 5.41) is 6.00. The van der Waals surface area contributed by atoms with Crippen LogP contribution in [0.15, 0.2) is 66.7 Å². The van der Waals surface area contributed by atoms with E-state index in [-0.39, 0.29) is 11.8 Å². The fourth-order valence-electron chi connectivity index (χ4n) is 2.76. The third-order valence-electron chi connectivity index (χ3n) is 4.34. The lowest BCUT2D eigenvalue weighted by atomic mass is 10.1. The Labute approximate surface area is 179 Å². The molecular formula is C23H21ClN2O4. The molecule has 0 fully saturated rings. The van der Waals surface area contributed by atoms with E-state index < -0.39 is 0 Å². The Morgan fingerprint density at radius 1 is 0.900 bits per heavy atom. The summed E-state index contributed by atoms with van der Waals surface area (Å²) in [6, 6.07) is 19.0. The molecule has 0 unspecified atom stereocenters. The maximum absolute atomic E-state index is 12.6. The normalized spacial score (nSPS) is 10.2. The third kappa shape index (κ3) is 5.30. The molecule has 3 rings (SSSR count). The zero-order valence-electron chi connectivity index (χ0n) is 16.6. The lowest BCUT2D eigenvalue weighted by molar-refractivity contribution is 0.0961. The van der Waals surface area contributed by atoms with Gasteiger partial charge in [0.25, 0.3) is 11.8 Å². The van der Waals surface area contributed by atoms with Crippen molar-refractivity contribution in [2.24, 2.45) is 0 Å². The summed E-state index contributed by atoms with van der Waals surface area (Å²) < 4.78 is 11.2. The van der Waals surface area contributed by atoms with E-state index in [0.29, 0.717) is 39.9 Å². The van der Waals surface area contributed by atoms with E-state index in [9.17, 15) is 9.59 Å². The van der Waals surface area contributed by atoms with Gasteiger partial charge in [0.15, 0.2) is 11.5 Å². The van der Waals surface area contributed by atoms with Crippen LogP contribution in [-0.2, 0) is 6.61 Å². The van der Waals surface area contributed by atoms with Gasteiger partial charge in [0.05, 0.1) is 7.11 Å². The van der Waals surface area contributed by atoms with E-state index >= 15 is 0 Å². The van der Waals surface area contributed by atoms with Crippen molar-refractivity contribution < 1.29 is 19.1 Å². The lowest BCUT2D eigenvalue weighted by Crippen LogP contribution is -2.18. The van der Waals surface area contributed by atoms with Crippen LogP contribution in [0.3, 0.4) is 0 Å². The molecular weight excluding hydrogens is 404 g/mol. The van der Waals surface area contributed by atoms with Crippen LogP contribution in [-0.4, -0.2) is 26.0 Å². The monoisotopic (exact) mass is 424 g/mol. The molecule has 0 aliphatic heterocycles. The number of nitrogens with one attached hydrogen (secondary N) is 2. The van der Waals surface area contributed by atoms with Gasteiger partial charge in [-0.15, -0.1) is 0 Å². The first-order valence-corrected chi connectivity index (χ1v) is 9.56. The zero-order valence-corrected chi connectivity index (χ0v) is 17.3. The highest BCUT2D eigenvalue weighted by molar-refractivity contribution is 6.30. The lowest BCUT2D eigenvalue weighted by Gasteiger charge is -2.13. The summed E-state index contributed by atoms with van der Waals surface area (Å²) in [5.74, 6) is 0.405. The fourth-order valence-corrected chi connectivity index (χ4v) is 2.88. The first kappa shape index (κ1) is 21.2. The van der Waals surface area contributed by atoms with Crippen molar-refractivity contribution in [3.8, 4) is 11.5 Å². The second-order valence-corrected chi connectivity index (χ2v) is 6.83. The number of amides is 2. The van der Waals surface area contributed by atoms with Crippen molar-refractivity contribution in [3.05, 3.63) is 88.4 Å². The van der Waals surface area contributed by atoms with Gasteiger partial charge >= 0.3 is 0 Å². The van der Waals surface area contributed by atoms with Gasteiger partial charge in [0, 0.05) is 28.9 Å². The minimum atomic E-state index is -0.327. The maximum Gasteiger partial charge on any atom is 0.255 e. The van der Waals surface area contributed by atoms with Gasteiger partial charge in [0.1, 0.15) is 6.61 Å². The van der Waals surface area contributed by atoms with E-state index in [1.54, 1.807) is 61.6 Å². The molecule has 154 valence electrons. The van der Waals surface area contributed by atoms with Crippen molar-refractivity contribution in [3.63, 3.8) is 0 Å². The summed E-state index contributed by atoms with van der Waals surface area (Å²) >= 11 is 5.89. The molecule has 7 heteroatoms. The number of benzene rings is 3. The van der Waals surface area contributed by atoms with Gasteiger partial charge in [-0.2, -0.15) is 0 Å². The van der Waals surface area contributed by atoms with Crippen molar-refractivity contribution in [1.29, 1.82) is 0 Å². The SMILES string of the molecule is CNC(=O)c1cccc(NC(=O)c2ccc(OCc3ccc(Cl)cc3)c(OC)c2)c1. The van der Waals surface area contributed by atoms with E-state index in [2.05, 4.69) is 10.6 Å². The first-order chi connectivity index (χ1) is 14.5. The van der Waals surface area contributed by atoms with Crippen molar-refractivity contribution in [2.75, 3.05) is 19.5 Å². The van der Waals surface area contributed by atoms with Crippen molar-refractivity contribution in [2.45, 2.75) is 6.61 Å². The van der Waals surface area contributed by atoms with Crippen LogP contribution >= 0.6 is 11.6 Å². The van der Waals surface area contributed by atoms with Crippen LogP contribution < -0.4 is 20.1 Å². The van der Waals surface area contributed by atoms with Gasteiger partial charge in [-0.1, -0.05) is 29.8 Å². The molecule has 0 aliphatic rings. The summed E-state index contributed by atoms with van der Waals surface area (Å²) in [5.41, 5.74) is 2.33. The predicted octanol–water partition coefficient (Wildman–Crippen LogP) is 4.54. The largest absolute Gasteiger partial charge is 0.493 e.